The van der Waals surface area contributed by atoms with Crippen molar-refractivity contribution in [3.63, 3.8) is 0 Å². The fourth-order valence-electron chi connectivity index (χ4n) is 1.88. The summed E-state index contributed by atoms with van der Waals surface area (Å²) in [7, 11) is 0. The average Bonchev–Trinajstić information content (AvgIpc) is 2.98. The van der Waals surface area contributed by atoms with Gasteiger partial charge in [0.15, 0.2) is 0 Å². The highest BCUT2D eigenvalue weighted by molar-refractivity contribution is 5.72. The Morgan fingerprint density at radius 2 is 2.07 bits per heavy atom. The van der Waals surface area contributed by atoms with Crippen LogP contribution in [0.4, 0.5) is 0 Å². The van der Waals surface area contributed by atoms with Crippen molar-refractivity contribution in [2.45, 2.75) is 52.2 Å². The highest BCUT2D eigenvalue weighted by atomic mass is 16.6. The lowest BCUT2D eigenvalue weighted by atomic mass is 9.89. The molecule has 82 valence electrons. The van der Waals surface area contributed by atoms with Gasteiger partial charge >= 0.3 is 5.97 Å². The molecular weight excluding hydrogens is 180 g/mol. The standard InChI is InChI=1S/C9H14O3.C2H6/c1-2-11-9(10)6-3-4-7-8(5-6)12-7;1-2/h6-8H,2-5H2,1H3;1-2H3/t6-,7+,8-;/m0./s1. The van der Waals surface area contributed by atoms with Crippen LogP contribution in [0.1, 0.15) is 40.0 Å². The maximum atomic E-state index is 11.3. The Kier molecular flexibility index (Phi) is 4.39. The number of epoxide rings is 1. The molecule has 0 bridgehead atoms. The van der Waals surface area contributed by atoms with Crippen molar-refractivity contribution in [2.24, 2.45) is 5.92 Å². The first-order valence-electron chi connectivity index (χ1n) is 5.63. The molecule has 0 amide bonds. The molecule has 1 heterocycles. The van der Waals surface area contributed by atoms with Crippen molar-refractivity contribution in [1.82, 2.24) is 0 Å². The molecule has 0 aromatic heterocycles. The fraction of sp³-hybridized carbons (Fsp3) is 0.909. The maximum absolute atomic E-state index is 11.3. The molecule has 3 atom stereocenters. The Labute approximate surface area is 85.8 Å². The SMILES string of the molecule is CC.CCOC(=O)[C@H]1CC[C@H]2O[C@H]2C1. The first-order valence-corrected chi connectivity index (χ1v) is 5.63. The zero-order chi connectivity index (χ0) is 10.6. The van der Waals surface area contributed by atoms with Gasteiger partial charge in [-0.3, -0.25) is 4.79 Å². The van der Waals surface area contributed by atoms with E-state index >= 15 is 0 Å². The largest absolute Gasteiger partial charge is 0.466 e. The molecule has 2 aliphatic rings. The second-order valence-corrected chi connectivity index (χ2v) is 3.48. The Balaban J connectivity index is 0.000000461. The maximum Gasteiger partial charge on any atom is 0.309 e. The number of hydrogen-bond donors (Lipinski definition) is 0. The van der Waals surface area contributed by atoms with Crippen LogP contribution in [-0.2, 0) is 14.3 Å². The zero-order valence-corrected chi connectivity index (χ0v) is 9.29. The summed E-state index contributed by atoms with van der Waals surface area (Å²) in [5.41, 5.74) is 0. The van der Waals surface area contributed by atoms with E-state index in [0.29, 0.717) is 18.8 Å². The van der Waals surface area contributed by atoms with Crippen LogP contribution in [0.2, 0.25) is 0 Å². The van der Waals surface area contributed by atoms with Crippen LogP contribution in [0.15, 0.2) is 0 Å². The molecule has 3 nitrogen and oxygen atoms in total. The van der Waals surface area contributed by atoms with Crippen molar-refractivity contribution in [2.75, 3.05) is 6.61 Å². The number of carbonyl (C=O) groups excluding carboxylic acids is 1. The van der Waals surface area contributed by atoms with E-state index in [2.05, 4.69) is 0 Å². The molecule has 1 aliphatic carbocycles. The van der Waals surface area contributed by atoms with Gasteiger partial charge in [0.05, 0.1) is 24.7 Å². The van der Waals surface area contributed by atoms with Gasteiger partial charge in [-0.1, -0.05) is 13.8 Å². The molecular formula is C11H20O3. The van der Waals surface area contributed by atoms with Gasteiger partial charge < -0.3 is 9.47 Å². The molecule has 1 aliphatic heterocycles. The van der Waals surface area contributed by atoms with Crippen LogP contribution in [-0.4, -0.2) is 24.8 Å². The van der Waals surface area contributed by atoms with Gasteiger partial charge in [-0.2, -0.15) is 0 Å². The number of hydrogen-bond acceptors (Lipinski definition) is 3. The van der Waals surface area contributed by atoms with Gasteiger partial charge in [-0.25, -0.2) is 0 Å². The molecule has 14 heavy (non-hydrogen) atoms. The average molecular weight is 200 g/mol. The van der Waals surface area contributed by atoms with Crippen molar-refractivity contribution in [3.8, 4) is 0 Å². The van der Waals surface area contributed by atoms with Crippen molar-refractivity contribution in [1.29, 1.82) is 0 Å². The first kappa shape index (κ1) is 11.5. The number of fused-ring (bicyclic) bond motifs is 1. The molecule has 0 aromatic rings. The quantitative estimate of drug-likeness (QED) is 0.506. The van der Waals surface area contributed by atoms with Gasteiger partial charge in [0.1, 0.15) is 0 Å². The van der Waals surface area contributed by atoms with E-state index in [1.54, 1.807) is 0 Å². The van der Waals surface area contributed by atoms with Gasteiger partial charge in [0, 0.05) is 0 Å². The van der Waals surface area contributed by atoms with Crippen LogP contribution in [0.25, 0.3) is 0 Å². The Hall–Kier alpha value is -0.570. The van der Waals surface area contributed by atoms with Gasteiger partial charge in [-0.05, 0) is 26.2 Å². The minimum Gasteiger partial charge on any atom is -0.466 e. The molecule has 0 aromatic carbocycles. The summed E-state index contributed by atoms with van der Waals surface area (Å²) in [6, 6.07) is 0. The van der Waals surface area contributed by atoms with E-state index in [4.69, 9.17) is 9.47 Å². The topological polar surface area (TPSA) is 38.8 Å². The Morgan fingerprint density at radius 3 is 2.64 bits per heavy atom. The van der Waals surface area contributed by atoms with E-state index in [0.717, 1.165) is 19.3 Å². The third kappa shape index (κ3) is 2.71. The number of carbonyl (C=O) groups is 1. The lowest BCUT2D eigenvalue weighted by molar-refractivity contribution is -0.148. The number of esters is 1. The summed E-state index contributed by atoms with van der Waals surface area (Å²) < 4.78 is 10.3. The minimum absolute atomic E-state index is 0.0357. The Bertz CT molecular complexity index is 191. The van der Waals surface area contributed by atoms with Crippen molar-refractivity contribution in [3.05, 3.63) is 0 Å². The van der Waals surface area contributed by atoms with E-state index in [-0.39, 0.29) is 11.9 Å². The molecule has 3 heteroatoms. The van der Waals surface area contributed by atoms with Crippen LogP contribution in [0.3, 0.4) is 0 Å². The van der Waals surface area contributed by atoms with Gasteiger partial charge in [0.25, 0.3) is 0 Å². The van der Waals surface area contributed by atoms with E-state index < -0.39 is 0 Å². The molecule has 2 fully saturated rings. The smallest absolute Gasteiger partial charge is 0.309 e. The van der Waals surface area contributed by atoms with E-state index in [1.807, 2.05) is 20.8 Å². The molecule has 0 radical (unpaired) electrons. The van der Waals surface area contributed by atoms with Crippen LogP contribution in [0.5, 0.6) is 0 Å². The molecule has 0 spiro atoms. The van der Waals surface area contributed by atoms with E-state index in [9.17, 15) is 4.79 Å². The number of rotatable bonds is 2. The summed E-state index contributed by atoms with van der Waals surface area (Å²) in [4.78, 5) is 11.3. The fourth-order valence-corrected chi connectivity index (χ4v) is 1.88. The highest BCUT2D eigenvalue weighted by Gasteiger charge is 2.46. The monoisotopic (exact) mass is 200 g/mol. The minimum atomic E-state index is -0.0357. The summed E-state index contributed by atoms with van der Waals surface area (Å²) >= 11 is 0. The normalized spacial score (nSPS) is 33.5. The van der Waals surface area contributed by atoms with Gasteiger partial charge in [0.2, 0.25) is 0 Å². The van der Waals surface area contributed by atoms with Crippen LogP contribution >= 0.6 is 0 Å². The highest BCUT2D eigenvalue weighted by Crippen LogP contribution is 2.39. The van der Waals surface area contributed by atoms with Crippen molar-refractivity contribution < 1.29 is 14.3 Å². The van der Waals surface area contributed by atoms with E-state index in [1.165, 1.54) is 0 Å². The lowest BCUT2D eigenvalue weighted by Gasteiger charge is -2.16. The summed E-state index contributed by atoms with van der Waals surface area (Å²) in [5, 5.41) is 0. The predicted octanol–water partition coefficient (Wildman–Crippen LogP) is 2.14. The molecule has 1 saturated carbocycles. The Morgan fingerprint density at radius 1 is 1.36 bits per heavy atom. The van der Waals surface area contributed by atoms with Crippen molar-refractivity contribution >= 4 is 5.97 Å². The van der Waals surface area contributed by atoms with Crippen LogP contribution < -0.4 is 0 Å². The molecule has 0 N–H and O–H groups in total. The third-order valence-corrected chi connectivity index (χ3v) is 2.62. The second kappa shape index (κ2) is 5.35. The predicted molar refractivity (Wildman–Crippen MR) is 54.0 cm³/mol. The van der Waals surface area contributed by atoms with Crippen LogP contribution in [0, 0.1) is 5.92 Å². The zero-order valence-electron chi connectivity index (χ0n) is 9.29. The summed E-state index contributed by atoms with van der Waals surface area (Å²) in [6.07, 6.45) is 3.70. The molecule has 1 saturated heterocycles. The number of ether oxygens (including phenoxy) is 2. The second-order valence-electron chi connectivity index (χ2n) is 3.48. The van der Waals surface area contributed by atoms with Gasteiger partial charge in [-0.15, -0.1) is 0 Å². The molecule has 2 rings (SSSR count). The third-order valence-electron chi connectivity index (χ3n) is 2.62. The summed E-state index contributed by atoms with van der Waals surface area (Å²) in [5.74, 6) is 0.0696. The lowest BCUT2D eigenvalue weighted by Crippen LogP contribution is -2.23. The molecule has 0 unspecified atom stereocenters. The summed E-state index contributed by atoms with van der Waals surface area (Å²) in [6.45, 7) is 6.33. The first-order chi connectivity index (χ1) is 6.81.